The van der Waals surface area contributed by atoms with Crippen molar-refractivity contribution in [3.8, 4) is 0 Å². The van der Waals surface area contributed by atoms with Crippen LogP contribution in [0, 0.1) is 0 Å². The number of H-pyrrole nitrogens is 1. The Morgan fingerprint density at radius 2 is 2.17 bits per heavy atom. The molecule has 0 aliphatic rings. The van der Waals surface area contributed by atoms with E-state index in [9.17, 15) is 4.79 Å². The smallest absolute Gasteiger partial charge is 0.261 e. The number of nitrogens with one attached hydrogen (secondary N) is 2. The van der Waals surface area contributed by atoms with Gasteiger partial charge in [-0.15, -0.1) is 0 Å². The molecule has 1 amide bonds. The molecule has 1 aromatic carbocycles. The number of aromatic nitrogens is 2. The molecule has 0 spiro atoms. The molecule has 0 bridgehead atoms. The first-order valence-corrected chi connectivity index (χ1v) is 5.61. The number of halogens is 1. The van der Waals surface area contributed by atoms with Crippen molar-refractivity contribution in [1.82, 2.24) is 10.2 Å². The van der Waals surface area contributed by atoms with E-state index in [-0.39, 0.29) is 16.7 Å². The standard InChI is InChI=1S/C12H8ClN3O2/c13-10-8(5-6-18-10)12(17)14-11-7-3-1-2-4-9(7)15-16-11/h1-6H,(H2,14,15,16,17). The van der Waals surface area contributed by atoms with E-state index in [2.05, 4.69) is 15.5 Å². The van der Waals surface area contributed by atoms with Crippen LogP contribution in [0.2, 0.25) is 5.22 Å². The van der Waals surface area contributed by atoms with Gasteiger partial charge in [0.1, 0.15) is 0 Å². The Morgan fingerprint density at radius 3 is 2.94 bits per heavy atom. The highest BCUT2D eigenvalue weighted by Gasteiger charge is 2.15. The summed E-state index contributed by atoms with van der Waals surface area (Å²) < 4.78 is 4.87. The Balaban J connectivity index is 1.93. The molecule has 2 aromatic heterocycles. The molecule has 90 valence electrons. The summed E-state index contributed by atoms with van der Waals surface area (Å²) in [5.74, 6) is 0.110. The number of fused-ring (bicyclic) bond motifs is 1. The van der Waals surface area contributed by atoms with E-state index in [1.165, 1.54) is 12.3 Å². The average molecular weight is 262 g/mol. The molecular formula is C12H8ClN3O2. The second-order valence-electron chi connectivity index (χ2n) is 3.68. The van der Waals surface area contributed by atoms with Crippen LogP contribution in [0.3, 0.4) is 0 Å². The highest BCUT2D eigenvalue weighted by Crippen LogP contribution is 2.22. The third-order valence-electron chi connectivity index (χ3n) is 2.56. The fourth-order valence-corrected chi connectivity index (χ4v) is 1.89. The quantitative estimate of drug-likeness (QED) is 0.745. The summed E-state index contributed by atoms with van der Waals surface area (Å²) >= 11 is 5.74. The molecular weight excluding hydrogens is 254 g/mol. The molecule has 18 heavy (non-hydrogen) atoms. The zero-order chi connectivity index (χ0) is 12.5. The molecule has 0 saturated heterocycles. The van der Waals surface area contributed by atoms with Crippen LogP contribution in [0.4, 0.5) is 5.82 Å². The van der Waals surface area contributed by atoms with Crippen LogP contribution in [0.1, 0.15) is 10.4 Å². The maximum atomic E-state index is 11.9. The summed E-state index contributed by atoms with van der Waals surface area (Å²) in [5.41, 5.74) is 1.13. The van der Waals surface area contributed by atoms with E-state index in [4.69, 9.17) is 16.0 Å². The summed E-state index contributed by atoms with van der Waals surface area (Å²) in [5, 5.41) is 10.5. The summed E-state index contributed by atoms with van der Waals surface area (Å²) in [4.78, 5) is 11.9. The number of hydrogen-bond acceptors (Lipinski definition) is 3. The largest absolute Gasteiger partial charge is 0.452 e. The topological polar surface area (TPSA) is 70.9 Å². The minimum absolute atomic E-state index is 0.0624. The van der Waals surface area contributed by atoms with Crippen LogP contribution >= 0.6 is 11.6 Å². The average Bonchev–Trinajstić information content (AvgIpc) is 2.97. The lowest BCUT2D eigenvalue weighted by Gasteiger charge is -2.00. The maximum absolute atomic E-state index is 11.9. The number of amides is 1. The Bertz CT molecular complexity index is 717. The van der Waals surface area contributed by atoms with Crippen molar-refractivity contribution in [2.24, 2.45) is 0 Å². The van der Waals surface area contributed by atoms with Crippen LogP contribution in [0.5, 0.6) is 0 Å². The molecule has 5 nitrogen and oxygen atoms in total. The van der Waals surface area contributed by atoms with Crippen LogP contribution in [0.15, 0.2) is 41.0 Å². The third kappa shape index (κ3) is 1.74. The molecule has 2 N–H and O–H groups in total. The van der Waals surface area contributed by atoms with Crippen molar-refractivity contribution < 1.29 is 9.21 Å². The van der Waals surface area contributed by atoms with Gasteiger partial charge >= 0.3 is 0 Å². The van der Waals surface area contributed by atoms with Gasteiger partial charge in [0.25, 0.3) is 5.91 Å². The predicted molar refractivity (Wildman–Crippen MR) is 67.8 cm³/mol. The van der Waals surface area contributed by atoms with Gasteiger partial charge in [-0.05, 0) is 29.8 Å². The fraction of sp³-hybridized carbons (Fsp3) is 0. The van der Waals surface area contributed by atoms with Gasteiger partial charge in [-0.1, -0.05) is 12.1 Å². The number of carbonyl (C=O) groups excluding carboxylic acids is 1. The molecule has 0 atom stereocenters. The van der Waals surface area contributed by atoms with Gasteiger partial charge < -0.3 is 9.73 Å². The van der Waals surface area contributed by atoms with Crippen molar-refractivity contribution in [1.29, 1.82) is 0 Å². The first kappa shape index (κ1) is 10.9. The molecule has 0 aliphatic heterocycles. The van der Waals surface area contributed by atoms with E-state index in [0.717, 1.165) is 10.9 Å². The Morgan fingerprint density at radius 1 is 1.33 bits per heavy atom. The van der Waals surface area contributed by atoms with Crippen LogP contribution in [-0.2, 0) is 0 Å². The highest BCUT2D eigenvalue weighted by molar-refractivity contribution is 6.32. The van der Waals surface area contributed by atoms with E-state index in [0.29, 0.717) is 5.82 Å². The number of para-hydroxylation sites is 1. The number of benzene rings is 1. The molecule has 3 aromatic rings. The number of anilines is 1. The predicted octanol–water partition coefficient (Wildman–Crippen LogP) is 3.06. The minimum atomic E-state index is -0.356. The molecule has 0 saturated carbocycles. The second kappa shape index (κ2) is 4.19. The van der Waals surface area contributed by atoms with Gasteiger partial charge in [0.15, 0.2) is 5.82 Å². The SMILES string of the molecule is O=C(Nc1n[nH]c2ccccc12)c1ccoc1Cl. The number of aromatic amines is 1. The van der Waals surface area contributed by atoms with Crippen molar-refractivity contribution in [2.75, 3.05) is 5.32 Å². The molecule has 0 aliphatic carbocycles. The lowest BCUT2D eigenvalue weighted by Crippen LogP contribution is -2.11. The Labute approximate surface area is 107 Å². The van der Waals surface area contributed by atoms with Gasteiger partial charge in [-0.3, -0.25) is 9.89 Å². The maximum Gasteiger partial charge on any atom is 0.261 e. The van der Waals surface area contributed by atoms with E-state index in [1.807, 2.05) is 24.3 Å². The summed E-state index contributed by atoms with van der Waals surface area (Å²) in [6.07, 6.45) is 1.36. The van der Waals surface area contributed by atoms with E-state index < -0.39 is 0 Å². The van der Waals surface area contributed by atoms with Crippen molar-refractivity contribution in [3.63, 3.8) is 0 Å². The first-order valence-electron chi connectivity index (χ1n) is 5.23. The Kier molecular flexibility index (Phi) is 2.53. The first-order chi connectivity index (χ1) is 8.75. The minimum Gasteiger partial charge on any atom is -0.452 e. The van der Waals surface area contributed by atoms with E-state index in [1.54, 1.807) is 0 Å². The van der Waals surface area contributed by atoms with Crippen LogP contribution < -0.4 is 5.32 Å². The Hall–Kier alpha value is -2.27. The fourth-order valence-electron chi connectivity index (χ4n) is 1.69. The number of nitrogens with zero attached hydrogens (tertiary/aromatic N) is 1. The highest BCUT2D eigenvalue weighted by atomic mass is 35.5. The number of hydrogen-bond donors (Lipinski definition) is 2. The summed E-state index contributed by atoms with van der Waals surface area (Å²) in [7, 11) is 0. The monoisotopic (exact) mass is 261 g/mol. The summed E-state index contributed by atoms with van der Waals surface area (Å²) in [6, 6.07) is 9.01. The molecule has 3 rings (SSSR count). The molecule has 0 unspecified atom stereocenters. The normalized spacial score (nSPS) is 10.7. The van der Waals surface area contributed by atoms with Gasteiger partial charge in [0.2, 0.25) is 5.22 Å². The summed E-state index contributed by atoms with van der Waals surface area (Å²) in [6.45, 7) is 0. The van der Waals surface area contributed by atoms with Gasteiger partial charge in [0, 0.05) is 5.39 Å². The van der Waals surface area contributed by atoms with Crippen LogP contribution in [0.25, 0.3) is 10.9 Å². The number of furan rings is 1. The van der Waals surface area contributed by atoms with Crippen molar-refractivity contribution in [2.45, 2.75) is 0 Å². The third-order valence-corrected chi connectivity index (χ3v) is 2.86. The van der Waals surface area contributed by atoms with E-state index >= 15 is 0 Å². The zero-order valence-electron chi connectivity index (χ0n) is 9.11. The van der Waals surface area contributed by atoms with Crippen molar-refractivity contribution >= 4 is 34.2 Å². The molecule has 0 radical (unpaired) electrons. The molecule has 6 heteroatoms. The number of rotatable bonds is 2. The number of carbonyl (C=O) groups is 1. The van der Waals surface area contributed by atoms with Gasteiger partial charge in [-0.25, -0.2) is 0 Å². The van der Waals surface area contributed by atoms with Crippen molar-refractivity contribution in [3.05, 3.63) is 47.4 Å². The van der Waals surface area contributed by atoms with Gasteiger partial charge in [-0.2, -0.15) is 5.10 Å². The van der Waals surface area contributed by atoms with Gasteiger partial charge in [0.05, 0.1) is 17.3 Å². The molecule has 0 fully saturated rings. The zero-order valence-corrected chi connectivity index (χ0v) is 9.86. The lowest BCUT2D eigenvalue weighted by atomic mass is 10.2. The lowest BCUT2D eigenvalue weighted by molar-refractivity contribution is 0.102. The van der Waals surface area contributed by atoms with Crippen LogP contribution in [-0.4, -0.2) is 16.1 Å². The molecule has 2 heterocycles. The second-order valence-corrected chi connectivity index (χ2v) is 4.02.